The smallest absolute Gasteiger partial charge is 0.164 e. The minimum absolute atomic E-state index is 0.198. The summed E-state index contributed by atoms with van der Waals surface area (Å²) < 4.78 is 32.6. The van der Waals surface area contributed by atoms with Crippen molar-refractivity contribution in [3.8, 4) is 0 Å². The molecule has 1 aromatic rings. The standard InChI is InChI=1S/C14H19F2NO/c1-9(2)17-8-10-6-7-18-14(10)11-4-3-5-12(15)13(11)16/h3-5,9-10,14,17H,6-8H2,1-2H3. The lowest BCUT2D eigenvalue weighted by molar-refractivity contribution is 0.0864. The molecule has 1 saturated heterocycles. The molecule has 1 aliphatic rings. The predicted molar refractivity (Wildman–Crippen MR) is 66.3 cm³/mol. The Balaban J connectivity index is 2.13. The van der Waals surface area contributed by atoms with E-state index < -0.39 is 11.6 Å². The first kappa shape index (κ1) is 13.4. The first-order valence-corrected chi connectivity index (χ1v) is 6.38. The van der Waals surface area contributed by atoms with E-state index in [1.807, 2.05) is 0 Å². The van der Waals surface area contributed by atoms with Crippen LogP contribution in [0, 0.1) is 17.6 Å². The molecule has 4 heteroatoms. The zero-order chi connectivity index (χ0) is 13.1. The van der Waals surface area contributed by atoms with E-state index in [1.165, 1.54) is 6.07 Å². The summed E-state index contributed by atoms with van der Waals surface area (Å²) in [6.07, 6.45) is 0.535. The molecule has 0 radical (unpaired) electrons. The maximum Gasteiger partial charge on any atom is 0.164 e. The molecule has 2 unspecified atom stereocenters. The quantitative estimate of drug-likeness (QED) is 0.893. The molecule has 18 heavy (non-hydrogen) atoms. The van der Waals surface area contributed by atoms with Gasteiger partial charge < -0.3 is 10.1 Å². The third-order valence-corrected chi connectivity index (χ3v) is 3.29. The highest BCUT2D eigenvalue weighted by Crippen LogP contribution is 2.35. The van der Waals surface area contributed by atoms with E-state index in [0.29, 0.717) is 18.2 Å². The molecule has 100 valence electrons. The van der Waals surface area contributed by atoms with Gasteiger partial charge in [0.25, 0.3) is 0 Å². The molecule has 1 N–H and O–H groups in total. The lowest BCUT2D eigenvalue weighted by atomic mass is 9.94. The molecule has 0 saturated carbocycles. The Morgan fingerprint density at radius 3 is 2.89 bits per heavy atom. The van der Waals surface area contributed by atoms with Crippen molar-refractivity contribution in [2.24, 2.45) is 5.92 Å². The van der Waals surface area contributed by atoms with Gasteiger partial charge in [0.2, 0.25) is 0 Å². The van der Waals surface area contributed by atoms with Crippen LogP contribution in [0.1, 0.15) is 31.9 Å². The van der Waals surface area contributed by atoms with Crippen molar-refractivity contribution < 1.29 is 13.5 Å². The van der Waals surface area contributed by atoms with E-state index in [4.69, 9.17) is 4.74 Å². The summed E-state index contributed by atoms with van der Waals surface area (Å²) >= 11 is 0. The second-order valence-corrected chi connectivity index (χ2v) is 5.05. The normalized spacial score (nSPS) is 23.8. The highest BCUT2D eigenvalue weighted by Gasteiger charge is 2.32. The number of hydrogen-bond donors (Lipinski definition) is 1. The Kier molecular flexibility index (Phi) is 4.30. The molecule has 1 aromatic carbocycles. The molecule has 0 aromatic heterocycles. The lowest BCUT2D eigenvalue weighted by Crippen LogP contribution is -2.30. The largest absolute Gasteiger partial charge is 0.373 e. The lowest BCUT2D eigenvalue weighted by Gasteiger charge is -2.21. The van der Waals surface area contributed by atoms with Gasteiger partial charge in [-0.3, -0.25) is 0 Å². The molecule has 0 bridgehead atoms. The fourth-order valence-electron chi connectivity index (χ4n) is 2.31. The second kappa shape index (κ2) is 5.76. The van der Waals surface area contributed by atoms with E-state index in [1.54, 1.807) is 6.07 Å². The van der Waals surface area contributed by atoms with E-state index in [0.717, 1.165) is 19.0 Å². The van der Waals surface area contributed by atoms with E-state index in [-0.39, 0.29) is 12.0 Å². The van der Waals surface area contributed by atoms with Crippen LogP contribution < -0.4 is 5.32 Å². The van der Waals surface area contributed by atoms with Crippen molar-refractivity contribution in [1.82, 2.24) is 5.32 Å². The number of halogens is 2. The number of nitrogens with one attached hydrogen (secondary N) is 1. The van der Waals surface area contributed by atoms with Crippen LogP contribution in [-0.2, 0) is 4.74 Å². The summed E-state index contributed by atoms with van der Waals surface area (Å²) in [5.74, 6) is -1.39. The van der Waals surface area contributed by atoms with Crippen LogP contribution in [0.25, 0.3) is 0 Å². The third-order valence-electron chi connectivity index (χ3n) is 3.29. The van der Waals surface area contributed by atoms with Crippen molar-refractivity contribution in [3.63, 3.8) is 0 Å². The summed E-state index contributed by atoms with van der Waals surface area (Å²) in [6.45, 7) is 5.49. The van der Waals surface area contributed by atoms with Gasteiger partial charge in [0, 0.05) is 30.7 Å². The topological polar surface area (TPSA) is 21.3 Å². The Morgan fingerprint density at radius 2 is 2.17 bits per heavy atom. The first-order valence-electron chi connectivity index (χ1n) is 6.38. The molecule has 1 heterocycles. The zero-order valence-electron chi connectivity index (χ0n) is 10.7. The summed E-state index contributed by atoms with van der Waals surface area (Å²) in [6, 6.07) is 4.65. The van der Waals surface area contributed by atoms with Crippen molar-refractivity contribution in [3.05, 3.63) is 35.4 Å². The number of rotatable bonds is 4. The highest BCUT2D eigenvalue weighted by molar-refractivity contribution is 5.22. The van der Waals surface area contributed by atoms with Gasteiger partial charge in [0.15, 0.2) is 11.6 Å². The maximum atomic E-state index is 13.8. The fourth-order valence-corrected chi connectivity index (χ4v) is 2.31. The zero-order valence-corrected chi connectivity index (χ0v) is 10.7. The summed E-state index contributed by atoms with van der Waals surface area (Å²) in [4.78, 5) is 0. The van der Waals surface area contributed by atoms with Crippen LogP contribution >= 0.6 is 0 Å². The van der Waals surface area contributed by atoms with Gasteiger partial charge >= 0.3 is 0 Å². The maximum absolute atomic E-state index is 13.8. The van der Waals surface area contributed by atoms with Gasteiger partial charge in [-0.15, -0.1) is 0 Å². The molecule has 2 nitrogen and oxygen atoms in total. The van der Waals surface area contributed by atoms with Crippen molar-refractivity contribution in [1.29, 1.82) is 0 Å². The molecule has 2 rings (SSSR count). The second-order valence-electron chi connectivity index (χ2n) is 5.05. The predicted octanol–water partition coefficient (Wildman–Crippen LogP) is 3.04. The van der Waals surface area contributed by atoms with E-state index in [9.17, 15) is 8.78 Å². The van der Waals surface area contributed by atoms with E-state index >= 15 is 0 Å². The molecular formula is C14H19F2NO. The molecule has 2 atom stereocenters. The molecule has 0 aliphatic carbocycles. The van der Waals surface area contributed by atoms with Gasteiger partial charge in [-0.2, -0.15) is 0 Å². The van der Waals surface area contributed by atoms with Crippen LogP contribution in [0.15, 0.2) is 18.2 Å². The summed E-state index contributed by atoms with van der Waals surface area (Å²) in [5, 5.41) is 3.33. The number of hydrogen-bond acceptors (Lipinski definition) is 2. The van der Waals surface area contributed by atoms with Gasteiger partial charge in [0.1, 0.15) is 0 Å². The van der Waals surface area contributed by atoms with Crippen LogP contribution in [0.5, 0.6) is 0 Å². The van der Waals surface area contributed by atoms with Crippen molar-refractivity contribution in [2.75, 3.05) is 13.2 Å². The van der Waals surface area contributed by atoms with Crippen LogP contribution in [0.3, 0.4) is 0 Å². The first-order chi connectivity index (χ1) is 8.59. The van der Waals surface area contributed by atoms with E-state index in [2.05, 4.69) is 19.2 Å². The Bertz CT molecular complexity index is 409. The summed E-state index contributed by atoms with van der Waals surface area (Å²) in [5.41, 5.74) is 0.336. The van der Waals surface area contributed by atoms with Gasteiger partial charge in [-0.1, -0.05) is 26.0 Å². The van der Waals surface area contributed by atoms with Gasteiger partial charge in [-0.25, -0.2) is 8.78 Å². The Hall–Kier alpha value is -1.00. The summed E-state index contributed by atoms with van der Waals surface area (Å²) in [7, 11) is 0. The fraction of sp³-hybridized carbons (Fsp3) is 0.571. The van der Waals surface area contributed by atoms with Gasteiger partial charge in [0.05, 0.1) is 6.10 Å². The molecular weight excluding hydrogens is 236 g/mol. The Morgan fingerprint density at radius 1 is 1.39 bits per heavy atom. The highest BCUT2D eigenvalue weighted by atomic mass is 19.2. The monoisotopic (exact) mass is 255 g/mol. The van der Waals surface area contributed by atoms with Gasteiger partial charge in [-0.05, 0) is 12.5 Å². The van der Waals surface area contributed by atoms with Crippen molar-refractivity contribution in [2.45, 2.75) is 32.4 Å². The number of benzene rings is 1. The third kappa shape index (κ3) is 2.87. The molecule has 1 fully saturated rings. The minimum Gasteiger partial charge on any atom is -0.373 e. The molecule has 0 spiro atoms. The average molecular weight is 255 g/mol. The molecule has 0 amide bonds. The number of ether oxygens (including phenoxy) is 1. The van der Waals surface area contributed by atoms with Crippen LogP contribution in [-0.4, -0.2) is 19.2 Å². The van der Waals surface area contributed by atoms with Crippen LogP contribution in [0.4, 0.5) is 8.78 Å². The average Bonchev–Trinajstić information content (AvgIpc) is 2.78. The van der Waals surface area contributed by atoms with Crippen molar-refractivity contribution >= 4 is 0 Å². The van der Waals surface area contributed by atoms with Crippen LogP contribution in [0.2, 0.25) is 0 Å². The molecule has 1 aliphatic heterocycles. The SMILES string of the molecule is CC(C)NCC1CCOC1c1cccc(F)c1F. The minimum atomic E-state index is -0.807. The Labute approximate surface area is 106 Å².